The summed E-state index contributed by atoms with van der Waals surface area (Å²) < 4.78 is 4.86. The minimum absolute atomic E-state index is 0.0496. The number of hydrogen-bond acceptors (Lipinski definition) is 2. The number of epoxide rings is 1. The minimum atomic E-state index is -0.968. The number of rotatable bonds is 2. The Morgan fingerprint density at radius 3 is 2.33 bits per heavy atom. The first-order valence-electron chi connectivity index (χ1n) is 2.70. The Morgan fingerprint density at radius 2 is 2.22 bits per heavy atom. The van der Waals surface area contributed by atoms with E-state index in [0.29, 0.717) is 0 Å². The fourth-order valence-electron chi connectivity index (χ4n) is 0.673. The van der Waals surface area contributed by atoms with Crippen LogP contribution in [0.5, 0.6) is 0 Å². The van der Waals surface area contributed by atoms with E-state index in [1.807, 2.05) is 6.92 Å². The van der Waals surface area contributed by atoms with Crippen LogP contribution in [-0.4, -0.2) is 23.3 Å². The zero-order valence-electron chi connectivity index (χ0n) is 5.13. The molecule has 0 amide bonds. The topological polar surface area (TPSA) is 49.8 Å². The molecule has 0 aromatic rings. The van der Waals surface area contributed by atoms with E-state index in [9.17, 15) is 4.79 Å². The third-order valence-corrected chi connectivity index (χ3v) is 1.33. The highest BCUT2D eigenvalue weighted by atomic mass is 16.6. The molecule has 0 saturated carbocycles. The van der Waals surface area contributed by atoms with Crippen LogP contribution in [0, 0.1) is 0 Å². The van der Waals surface area contributed by atoms with Gasteiger partial charge in [0.2, 0.25) is 0 Å². The lowest BCUT2D eigenvalue weighted by Gasteiger charge is -1.88. The van der Waals surface area contributed by atoms with Crippen LogP contribution in [0.2, 0.25) is 0 Å². The molecule has 9 heavy (non-hydrogen) atoms. The summed E-state index contributed by atoms with van der Waals surface area (Å²) in [5, 5.41) is 8.33. The molecule has 0 spiro atoms. The fraction of sp³-hybridized carbons (Fsp3) is 0.500. The van der Waals surface area contributed by atoms with Gasteiger partial charge in [0.1, 0.15) is 6.10 Å². The highest BCUT2D eigenvalue weighted by Crippen LogP contribution is 2.27. The highest BCUT2D eigenvalue weighted by Gasteiger charge is 2.39. The molecule has 0 aromatic heterocycles. The van der Waals surface area contributed by atoms with Gasteiger partial charge in [-0.15, -0.1) is 0 Å². The van der Waals surface area contributed by atoms with Gasteiger partial charge in [0.25, 0.3) is 0 Å². The summed E-state index contributed by atoms with van der Waals surface area (Å²) in [6, 6.07) is 0. The van der Waals surface area contributed by atoms with Crippen molar-refractivity contribution in [1.82, 2.24) is 0 Å². The molecule has 0 aromatic carbocycles. The van der Waals surface area contributed by atoms with Crippen molar-refractivity contribution in [2.75, 3.05) is 0 Å². The molecule has 0 bridgehead atoms. The van der Waals surface area contributed by atoms with Gasteiger partial charge >= 0.3 is 5.97 Å². The normalized spacial score (nSPS) is 31.7. The Kier molecular flexibility index (Phi) is 1.29. The molecular weight excluding hydrogens is 120 g/mol. The van der Waals surface area contributed by atoms with Crippen LogP contribution in [-0.2, 0) is 9.53 Å². The lowest BCUT2D eigenvalue weighted by Crippen LogP contribution is -2.06. The molecule has 1 aliphatic heterocycles. The Bertz CT molecular complexity index is 162. The van der Waals surface area contributed by atoms with Crippen LogP contribution < -0.4 is 0 Å². The van der Waals surface area contributed by atoms with Gasteiger partial charge in [-0.05, 0) is 6.92 Å². The van der Waals surface area contributed by atoms with E-state index in [-0.39, 0.29) is 17.8 Å². The van der Waals surface area contributed by atoms with Crippen LogP contribution in [0.15, 0.2) is 12.2 Å². The molecule has 1 heterocycles. The number of carbonyl (C=O) groups is 1. The lowest BCUT2D eigenvalue weighted by atomic mass is 10.2. The minimum Gasteiger partial charge on any atom is -0.478 e. The molecule has 2 unspecified atom stereocenters. The van der Waals surface area contributed by atoms with E-state index in [2.05, 4.69) is 6.58 Å². The Hall–Kier alpha value is -0.830. The fourth-order valence-corrected chi connectivity index (χ4v) is 0.673. The van der Waals surface area contributed by atoms with Gasteiger partial charge in [-0.1, -0.05) is 6.58 Å². The molecule has 3 heteroatoms. The first-order chi connectivity index (χ1) is 4.13. The molecule has 2 atom stereocenters. The van der Waals surface area contributed by atoms with Crippen LogP contribution >= 0.6 is 0 Å². The molecule has 3 nitrogen and oxygen atoms in total. The van der Waals surface area contributed by atoms with Crippen molar-refractivity contribution in [3.8, 4) is 0 Å². The van der Waals surface area contributed by atoms with Crippen LogP contribution in [0.4, 0.5) is 0 Å². The molecule has 50 valence electrons. The Morgan fingerprint density at radius 1 is 1.78 bits per heavy atom. The smallest absolute Gasteiger partial charge is 0.333 e. The second-order valence-electron chi connectivity index (χ2n) is 2.09. The van der Waals surface area contributed by atoms with Gasteiger partial charge in [-0.3, -0.25) is 0 Å². The third-order valence-electron chi connectivity index (χ3n) is 1.33. The van der Waals surface area contributed by atoms with Crippen LogP contribution in [0.3, 0.4) is 0 Å². The van der Waals surface area contributed by atoms with E-state index in [4.69, 9.17) is 9.84 Å². The standard InChI is InChI=1S/C6H8O3/c1-3(6(7)8)5-4(2)9-5/h4-5H,1H2,2H3,(H,7,8). The number of hydrogen-bond donors (Lipinski definition) is 1. The largest absolute Gasteiger partial charge is 0.478 e. The van der Waals surface area contributed by atoms with Gasteiger partial charge in [0, 0.05) is 0 Å². The van der Waals surface area contributed by atoms with Crippen molar-refractivity contribution in [2.24, 2.45) is 0 Å². The first-order valence-corrected chi connectivity index (χ1v) is 2.70. The molecular formula is C6H8O3. The van der Waals surface area contributed by atoms with E-state index >= 15 is 0 Å². The van der Waals surface area contributed by atoms with Gasteiger partial charge < -0.3 is 9.84 Å². The quantitative estimate of drug-likeness (QED) is 0.433. The van der Waals surface area contributed by atoms with Crippen molar-refractivity contribution >= 4 is 5.97 Å². The lowest BCUT2D eigenvalue weighted by molar-refractivity contribution is -0.132. The van der Waals surface area contributed by atoms with Crippen LogP contribution in [0.25, 0.3) is 0 Å². The molecule has 1 saturated heterocycles. The van der Waals surface area contributed by atoms with E-state index in [1.165, 1.54) is 0 Å². The number of carboxylic acids is 1. The molecule has 0 aliphatic carbocycles. The molecule has 0 radical (unpaired) electrons. The maximum Gasteiger partial charge on any atom is 0.333 e. The second-order valence-corrected chi connectivity index (χ2v) is 2.09. The summed E-state index contributed by atoms with van der Waals surface area (Å²) in [5.74, 6) is -0.968. The summed E-state index contributed by atoms with van der Waals surface area (Å²) in [4.78, 5) is 10.1. The van der Waals surface area contributed by atoms with Gasteiger partial charge in [0.15, 0.2) is 0 Å². The summed E-state index contributed by atoms with van der Waals surface area (Å²) in [6.45, 7) is 5.16. The SMILES string of the molecule is C=C(C(=O)O)C1OC1C. The zero-order chi connectivity index (χ0) is 7.02. The first kappa shape index (κ1) is 6.29. The van der Waals surface area contributed by atoms with E-state index in [1.54, 1.807) is 0 Å². The highest BCUT2D eigenvalue weighted by molar-refractivity contribution is 5.87. The average Bonchev–Trinajstić information content (AvgIpc) is 2.44. The predicted octanol–water partition coefficient (Wildman–Crippen LogP) is 0.414. The predicted molar refractivity (Wildman–Crippen MR) is 31.1 cm³/mol. The number of carboxylic acid groups (broad SMARTS) is 1. The summed E-state index contributed by atoms with van der Waals surface area (Å²) in [5.41, 5.74) is 0.155. The zero-order valence-corrected chi connectivity index (χ0v) is 5.13. The third kappa shape index (κ3) is 1.10. The molecule has 1 aliphatic rings. The van der Waals surface area contributed by atoms with Gasteiger partial charge in [0.05, 0.1) is 11.7 Å². The van der Waals surface area contributed by atoms with E-state index < -0.39 is 5.97 Å². The van der Waals surface area contributed by atoms with Crippen molar-refractivity contribution in [1.29, 1.82) is 0 Å². The van der Waals surface area contributed by atoms with Crippen molar-refractivity contribution < 1.29 is 14.6 Å². The summed E-state index contributed by atoms with van der Waals surface area (Å²) in [7, 11) is 0. The number of aliphatic carboxylic acids is 1. The molecule has 1 N–H and O–H groups in total. The molecule has 1 fully saturated rings. The van der Waals surface area contributed by atoms with Crippen LogP contribution in [0.1, 0.15) is 6.92 Å². The van der Waals surface area contributed by atoms with Gasteiger partial charge in [-0.2, -0.15) is 0 Å². The maximum absolute atomic E-state index is 10.1. The van der Waals surface area contributed by atoms with E-state index in [0.717, 1.165) is 0 Å². The van der Waals surface area contributed by atoms with Crippen molar-refractivity contribution in [3.63, 3.8) is 0 Å². The van der Waals surface area contributed by atoms with Crippen molar-refractivity contribution in [3.05, 3.63) is 12.2 Å². The average molecular weight is 128 g/mol. The Balaban J connectivity index is 2.46. The summed E-state index contributed by atoms with van der Waals surface area (Å²) in [6.07, 6.45) is -0.184. The second kappa shape index (κ2) is 1.84. The van der Waals surface area contributed by atoms with Crippen molar-refractivity contribution in [2.45, 2.75) is 19.1 Å². The number of ether oxygens (including phenoxy) is 1. The Labute approximate surface area is 52.9 Å². The maximum atomic E-state index is 10.1. The monoisotopic (exact) mass is 128 g/mol. The van der Waals surface area contributed by atoms with Gasteiger partial charge in [-0.25, -0.2) is 4.79 Å². The molecule has 1 rings (SSSR count). The summed E-state index contributed by atoms with van der Waals surface area (Å²) >= 11 is 0.